The molecular weight excluding hydrogens is 180 g/mol. The number of hydrogen-bond acceptors (Lipinski definition) is 2. The number of carbonyl (C=O) groups excluding carboxylic acids is 1. The minimum atomic E-state index is -0.156. The Kier molecular flexibility index (Phi) is 5.67. The van der Waals surface area contributed by atoms with Gasteiger partial charge in [-0.1, -0.05) is 6.92 Å². The molecule has 0 unspecified atom stereocenters. The summed E-state index contributed by atoms with van der Waals surface area (Å²) in [6.07, 6.45) is 0.860. The van der Waals surface area contributed by atoms with Crippen LogP contribution in [0.3, 0.4) is 0 Å². The molecule has 0 bridgehead atoms. The van der Waals surface area contributed by atoms with Gasteiger partial charge in [0.2, 0.25) is 0 Å². The van der Waals surface area contributed by atoms with Crippen LogP contribution in [0, 0.1) is 5.41 Å². The summed E-state index contributed by atoms with van der Waals surface area (Å²) in [4.78, 5) is 13.1. The Hall–Kier alpha value is -1.26. The van der Waals surface area contributed by atoms with Crippen molar-refractivity contribution >= 4 is 11.9 Å². The highest BCUT2D eigenvalue weighted by molar-refractivity contribution is 5.84. The van der Waals surface area contributed by atoms with E-state index < -0.39 is 0 Å². The molecule has 0 saturated carbocycles. The summed E-state index contributed by atoms with van der Waals surface area (Å²) in [7, 11) is 0. The molecule has 0 rings (SSSR count). The van der Waals surface area contributed by atoms with Crippen LogP contribution in [0.15, 0.2) is 0 Å². The Morgan fingerprint density at radius 1 is 1.57 bits per heavy atom. The molecule has 0 fully saturated rings. The Bertz CT molecular complexity index is 203. The smallest absolute Gasteiger partial charge is 0.318 e. The van der Waals surface area contributed by atoms with Crippen molar-refractivity contribution in [1.29, 1.82) is 5.41 Å². The number of nitrogens with zero attached hydrogens (tertiary/aromatic N) is 1. The molecule has 0 radical (unpaired) electrons. The third kappa shape index (κ3) is 5.40. The maximum Gasteiger partial charge on any atom is 0.318 e. The lowest BCUT2D eigenvalue weighted by Gasteiger charge is -2.23. The van der Waals surface area contributed by atoms with Gasteiger partial charge >= 0.3 is 6.03 Å². The predicted molar refractivity (Wildman–Crippen MR) is 57.4 cm³/mol. The lowest BCUT2D eigenvalue weighted by atomic mass is 10.3. The number of nitrogens with one attached hydrogen (secondary N) is 2. The molecule has 14 heavy (non-hydrogen) atoms. The van der Waals surface area contributed by atoms with E-state index in [0.29, 0.717) is 6.54 Å². The minimum absolute atomic E-state index is 0.0114. The van der Waals surface area contributed by atoms with E-state index in [0.717, 1.165) is 6.42 Å². The Balaban J connectivity index is 4.17. The second-order valence-corrected chi connectivity index (χ2v) is 3.55. The first-order valence-corrected chi connectivity index (χ1v) is 4.85. The van der Waals surface area contributed by atoms with Crippen molar-refractivity contribution in [3.63, 3.8) is 0 Å². The Morgan fingerprint density at radius 3 is 2.50 bits per heavy atom. The van der Waals surface area contributed by atoms with E-state index in [1.165, 1.54) is 0 Å². The average Bonchev–Trinajstić information content (AvgIpc) is 2.01. The monoisotopic (exact) mass is 200 g/mol. The molecular formula is C9H20N4O. The first-order chi connectivity index (χ1) is 6.47. The minimum Gasteiger partial charge on any atom is -0.386 e. The van der Waals surface area contributed by atoms with Crippen molar-refractivity contribution in [2.45, 2.75) is 33.2 Å². The normalized spacial score (nSPS) is 10.0. The fourth-order valence-corrected chi connectivity index (χ4v) is 1.07. The van der Waals surface area contributed by atoms with Crippen molar-refractivity contribution in [3.05, 3.63) is 0 Å². The number of amides is 2. The van der Waals surface area contributed by atoms with Crippen LogP contribution >= 0.6 is 0 Å². The highest BCUT2D eigenvalue weighted by Gasteiger charge is 2.13. The number of carbonyl (C=O) groups is 1. The zero-order chi connectivity index (χ0) is 11.1. The molecule has 5 nitrogen and oxygen atoms in total. The zero-order valence-electron chi connectivity index (χ0n) is 9.13. The molecule has 0 aromatic heterocycles. The van der Waals surface area contributed by atoms with Crippen LogP contribution in [0.5, 0.6) is 0 Å². The van der Waals surface area contributed by atoms with Gasteiger partial charge in [-0.15, -0.1) is 0 Å². The van der Waals surface area contributed by atoms with Crippen LogP contribution in [0.1, 0.15) is 27.2 Å². The maximum atomic E-state index is 11.5. The molecule has 0 aliphatic carbocycles. The average molecular weight is 200 g/mol. The standard InChI is InChI=1S/C9H20N4O/c1-4-5-13(6-8(10)11)9(14)12-7(2)3/h7H,4-6H2,1-3H3,(H3,10,11)(H,12,14). The fraction of sp³-hybridized carbons (Fsp3) is 0.778. The highest BCUT2D eigenvalue weighted by Crippen LogP contribution is 1.93. The number of rotatable bonds is 5. The summed E-state index contributed by atoms with van der Waals surface area (Å²) in [6, 6.07) is -0.0501. The van der Waals surface area contributed by atoms with Gasteiger partial charge in [-0.05, 0) is 20.3 Å². The van der Waals surface area contributed by atoms with Gasteiger partial charge in [-0.25, -0.2) is 4.79 Å². The fourth-order valence-electron chi connectivity index (χ4n) is 1.07. The zero-order valence-corrected chi connectivity index (χ0v) is 9.13. The first kappa shape index (κ1) is 12.7. The van der Waals surface area contributed by atoms with Gasteiger partial charge in [0, 0.05) is 12.6 Å². The van der Waals surface area contributed by atoms with Gasteiger partial charge in [-0.3, -0.25) is 5.41 Å². The third-order valence-corrected chi connectivity index (χ3v) is 1.55. The maximum absolute atomic E-state index is 11.5. The van der Waals surface area contributed by atoms with Crippen molar-refractivity contribution in [2.75, 3.05) is 13.1 Å². The van der Waals surface area contributed by atoms with Crippen LogP contribution in [0.4, 0.5) is 4.79 Å². The van der Waals surface area contributed by atoms with Gasteiger partial charge in [0.15, 0.2) is 0 Å². The quantitative estimate of drug-likeness (QED) is 0.452. The molecule has 0 aromatic rings. The third-order valence-electron chi connectivity index (χ3n) is 1.55. The number of amidine groups is 1. The van der Waals surface area contributed by atoms with E-state index in [9.17, 15) is 4.79 Å². The lowest BCUT2D eigenvalue weighted by molar-refractivity contribution is 0.202. The number of urea groups is 1. The second-order valence-electron chi connectivity index (χ2n) is 3.55. The molecule has 0 aromatic carbocycles. The summed E-state index contributed by atoms with van der Waals surface area (Å²) in [5.41, 5.74) is 5.25. The molecule has 0 atom stereocenters. The van der Waals surface area contributed by atoms with Gasteiger partial charge in [0.1, 0.15) is 5.84 Å². The molecule has 0 aliphatic rings. The molecule has 0 spiro atoms. The summed E-state index contributed by atoms with van der Waals surface area (Å²) < 4.78 is 0. The van der Waals surface area contributed by atoms with Crippen molar-refractivity contribution < 1.29 is 4.79 Å². The van der Waals surface area contributed by atoms with Crippen LogP contribution in [0.2, 0.25) is 0 Å². The van der Waals surface area contributed by atoms with Gasteiger partial charge in [0.05, 0.1) is 6.54 Å². The Labute approximate surface area is 85.2 Å². The Morgan fingerprint density at radius 2 is 2.14 bits per heavy atom. The molecule has 2 amide bonds. The summed E-state index contributed by atoms with van der Waals surface area (Å²) in [5, 5.41) is 9.90. The van der Waals surface area contributed by atoms with Crippen LogP contribution in [-0.2, 0) is 0 Å². The van der Waals surface area contributed by atoms with Crippen molar-refractivity contribution in [2.24, 2.45) is 5.73 Å². The van der Waals surface area contributed by atoms with E-state index in [2.05, 4.69) is 5.32 Å². The second kappa shape index (κ2) is 6.23. The van der Waals surface area contributed by atoms with Crippen LogP contribution < -0.4 is 11.1 Å². The predicted octanol–water partition coefficient (Wildman–Crippen LogP) is 0.752. The molecule has 0 heterocycles. The SMILES string of the molecule is CCCN(CC(=N)N)C(=O)NC(C)C. The van der Waals surface area contributed by atoms with E-state index in [-0.39, 0.29) is 24.5 Å². The van der Waals surface area contributed by atoms with E-state index in [4.69, 9.17) is 11.1 Å². The molecule has 0 saturated heterocycles. The van der Waals surface area contributed by atoms with E-state index in [1.54, 1.807) is 4.90 Å². The topological polar surface area (TPSA) is 82.2 Å². The van der Waals surface area contributed by atoms with Gasteiger partial charge in [-0.2, -0.15) is 0 Å². The lowest BCUT2D eigenvalue weighted by Crippen LogP contribution is -2.46. The highest BCUT2D eigenvalue weighted by atomic mass is 16.2. The first-order valence-electron chi connectivity index (χ1n) is 4.85. The number of nitrogens with two attached hydrogens (primary N) is 1. The van der Waals surface area contributed by atoms with Crippen LogP contribution in [-0.4, -0.2) is 35.9 Å². The van der Waals surface area contributed by atoms with E-state index in [1.807, 2.05) is 20.8 Å². The van der Waals surface area contributed by atoms with E-state index >= 15 is 0 Å². The number of hydrogen-bond donors (Lipinski definition) is 3. The molecule has 0 aliphatic heterocycles. The van der Waals surface area contributed by atoms with Crippen molar-refractivity contribution in [3.8, 4) is 0 Å². The summed E-state index contributed by atoms with van der Waals surface area (Å²) >= 11 is 0. The van der Waals surface area contributed by atoms with Crippen LogP contribution in [0.25, 0.3) is 0 Å². The molecule has 5 heteroatoms. The van der Waals surface area contributed by atoms with Gasteiger partial charge < -0.3 is 16.0 Å². The largest absolute Gasteiger partial charge is 0.386 e. The summed E-state index contributed by atoms with van der Waals surface area (Å²) in [6.45, 7) is 6.60. The summed E-state index contributed by atoms with van der Waals surface area (Å²) in [5.74, 6) is 0.0114. The molecule has 4 N–H and O–H groups in total. The molecule has 82 valence electrons. The van der Waals surface area contributed by atoms with Crippen molar-refractivity contribution in [1.82, 2.24) is 10.2 Å². The van der Waals surface area contributed by atoms with Gasteiger partial charge in [0.25, 0.3) is 0 Å².